The van der Waals surface area contributed by atoms with Crippen LogP contribution >= 0.6 is 0 Å². The van der Waals surface area contributed by atoms with Gasteiger partial charge in [0.1, 0.15) is 73.2 Å². The first-order chi connectivity index (χ1) is 41.3. The smallest absolute Gasteiger partial charge is 0.220 e. The summed E-state index contributed by atoms with van der Waals surface area (Å²) in [5.41, 5.74) is 0. The van der Waals surface area contributed by atoms with E-state index in [-0.39, 0.29) is 18.9 Å². The second-order valence-electron chi connectivity index (χ2n) is 25.0. The predicted molar refractivity (Wildman–Crippen MR) is 328 cm³/mol. The van der Waals surface area contributed by atoms with Gasteiger partial charge in [-0.3, -0.25) is 4.79 Å². The average molecular weight is 1220 g/mol. The van der Waals surface area contributed by atoms with Crippen LogP contribution in [-0.2, 0) is 33.2 Å². The molecular weight excluding hydrogens is 1090 g/mol. The van der Waals surface area contributed by atoms with Crippen molar-refractivity contribution in [3.05, 3.63) is 12.2 Å². The maximum atomic E-state index is 13.4. The molecule has 3 fully saturated rings. The van der Waals surface area contributed by atoms with Crippen LogP contribution < -0.4 is 5.32 Å². The minimum atomic E-state index is -1.97. The Balaban J connectivity index is 1.44. The first-order valence-corrected chi connectivity index (χ1v) is 34.4. The molecule has 0 aromatic carbocycles. The highest BCUT2D eigenvalue weighted by atomic mass is 16.8. The zero-order valence-corrected chi connectivity index (χ0v) is 52.9. The van der Waals surface area contributed by atoms with Crippen LogP contribution in [0, 0.1) is 0 Å². The zero-order valence-electron chi connectivity index (χ0n) is 52.9. The molecule has 0 aromatic rings. The molecule has 19 heteroatoms. The van der Waals surface area contributed by atoms with Crippen LogP contribution in [0.5, 0.6) is 0 Å². The fraction of sp³-hybridized carbons (Fsp3) is 0.955. The highest BCUT2D eigenvalue weighted by molar-refractivity contribution is 5.76. The van der Waals surface area contributed by atoms with E-state index in [0.717, 1.165) is 51.4 Å². The Morgan fingerprint density at radius 2 is 0.741 bits per heavy atom. The van der Waals surface area contributed by atoms with Crippen molar-refractivity contribution >= 4 is 5.91 Å². The van der Waals surface area contributed by atoms with Crippen LogP contribution in [0.25, 0.3) is 0 Å². The van der Waals surface area contributed by atoms with Gasteiger partial charge in [-0.1, -0.05) is 238 Å². The summed E-state index contributed by atoms with van der Waals surface area (Å²) < 4.78 is 34.4. The molecule has 3 rings (SSSR count). The Hall–Kier alpha value is -1.47. The van der Waals surface area contributed by atoms with Crippen molar-refractivity contribution in [3.8, 4) is 0 Å². The van der Waals surface area contributed by atoms with Gasteiger partial charge in [0.2, 0.25) is 5.91 Å². The van der Waals surface area contributed by atoms with Crippen LogP contribution in [-0.4, -0.2) is 193 Å². The quantitative estimate of drug-likeness (QED) is 0.0201. The van der Waals surface area contributed by atoms with Crippen LogP contribution in [0.15, 0.2) is 12.2 Å². The van der Waals surface area contributed by atoms with Gasteiger partial charge < -0.3 is 89.9 Å². The number of aliphatic hydroxyl groups is 11. The fourth-order valence-corrected chi connectivity index (χ4v) is 12.0. The van der Waals surface area contributed by atoms with E-state index in [1.165, 1.54) is 186 Å². The second-order valence-corrected chi connectivity index (χ2v) is 25.0. The number of carbonyl (C=O) groups excluding carboxylic acids is 1. The van der Waals surface area contributed by atoms with Gasteiger partial charge in [0.25, 0.3) is 0 Å². The summed E-state index contributed by atoms with van der Waals surface area (Å²) in [6, 6.07) is -0.885. The van der Waals surface area contributed by atoms with Crippen molar-refractivity contribution in [1.82, 2.24) is 5.32 Å². The summed E-state index contributed by atoms with van der Waals surface area (Å²) in [5, 5.41) is 121. The van der Waals surface area contributed by atoms with Gasteiger partial charge in [0.15, 0.2) is 18.9 Å². The Labute approximate surface area is 512 Å². The number of hydrogen-bond donors (Lipinski definition) is 12. The van der Waals surface area contributed by atoms with Crippen LogP contribution in [0.1, 0.15) is 271 Å². The first kappa shape index (κ1) is 77.8. The van der Waals surface area contributed by atoms with Gasteiger partial charge in [-0.25, -0.2) is 0 Å². The molecule has 1 amide bonds. The van der Waals surface area contributed by atoms with Crippen molar-refractivity contribution < 1.29 is 89.4 Å². The normalized spacial score (nSPS) is 29.0. The molecule has 502 valence electrons. The van der Waals surface area contributed by atoms with E-state index in [1.807, 2.05) is 0 Å². The zero-order chi connectivity index (χ0) is 61.9. The number of hydrogen-bond acceptors (Lipinski definition) is 18. The minimum Gasteiger partial charge on any atom is -0.394 e. The van der Waals surface area contributed by atoms with E-state index >= 15 is 0 Å². The molecular formula is C66H125NO18. The lowest BCUT2D eigenvalue weighted by Crippen LogP contribution is -2.66. The molecule has 0 radical (unpaired) electrons. The van der Waals surface area contributed by atoms with E-state index in [4.69, 9.17) is 28.4 Å². The molecule has 85 heavy (non-hydrogen) atoms. The largest absolute Gasteiger partial charge is 0.394 e. The topological polar surface area (TPSA) is 307 Å². The summed E-state index contributed by atoms with van der Waals surface area (Å²) in [5.74, 6) is -0.241. The number of aliphatic hydroxyl groups excluding tert-OH is 11. The van der Waals surface area contributed by atoms with Crippen molar-refractivity contribution in [3.63, 3.8) is 0 Å². The molecule has 0 aliphatic carbocycles. The number of ether oxygens (including phenoxy) is 6. The maximum absolute atomic E-state index is 13.4. The lowest BCUT2D eigenvalue weighted by atomic mass is 9.96. The molecule has 0 aromatic heterocycles. The van der Waals surface area contributed by atoms with E-state index in [1.54, 1.807) is 0 Å². The third kappa shape index (κ3) is 31.9. The monoisotopic (exact) mass is 1220 g/mol. The number of rotatable bonds is 53. The summed E-state index contributed by atoms with van der Waals surface area (Å²) >= 11 is 0. The molecule has 17 atom stereocenters. The van der Waals surface area contributed by atoms with Gasteiger partial charge in [0.05, 0.1) is 38.6 Å². The molecule has 17 unspecified atom stereocenters. The molecule has 3 aliphatic heterocycles. The van der Waals surface area contributed by atoms with E-state index in [9.17, 15) is 61.0 Å². The number of unbranched alkanes of at least 4 members (excludes halogenated alkanes) is 35. The molecule has 3 aliphatic rings. The molecule has 0 saturated carbocycles. The summed E-state index contributed by atoms with van der Waals surface area (Å²) in [4.78, 5) is 13.4. The summed E-state index contributed by atoms with van der Waals surface area (Å²) in [7, 11) is 0. The number of carbonyl (C=O) groups is 1. The SMILES string of the molecule is CCCCCCCC/C=C\CCCCCCCCCCCC(=O)NC(COC1OC(CO)C(OC2OC(CO)C(OC3OC(CO)C(O)C(O)C3O)C(O)C2O)C(O)C1O)C(O)CCCCCCCCCCCCCCCCCCCCCCC. The Kier molecular flexibility index (Phi) is 45.1. The molecule has 19 nitrogen and oxygen atoms in total. The maximum Gasteiger partial charge on any atom is 0.220 e. The Morgan fingerprint density at radius 3 is 1.14 bits per heavy atom. The summed E-state index contributed by atoms with van der Waals surface area (Å²) in [6.07, 6.45) is 25.7. The highest BCUT2D eigenvalue weighted by Gasteiger charge is 2.53. The van der Waals surface area contributed by atoms with Crippen molar-refractivity contribution in [2.45, 2.75) is 375 Å². The first-order valence-electron chi connectivity index (χ1n) is 34.4. The van der Waals surface area contributed by atoms with Gasteiger partial charge in [0, 0.05) is 6.42 Å². The number of nitrogens with one attached hydrogen (secondary N) is 1. The van der Waals surface area contributed by atoms with Crippen molar-refractivity contribution in [2.75, 3.05) is 26.4 Å². The summed E-state index contributed by atoms with van der Waals surface area (Å²) in [6.45, 7) is 1.82. The van der Waals surface area contributed by atoms with Gasteiger partial charge in [-0.2, -0.15) is 0 Å². The van der Waals surface area contributed by atoms with Crippen molar-refractivity contribution in [1.29, 1.82) is 0 Å². The molecule has 0 spiro atoms. The molecule has 0 bridgehead atoms. The van der Waals surface area contributed by atoms with Crippen molar-refractivity contribution in [2.24, 2.45) is 0 Å². The Bertz CT molecular complexity index is 1600. The minimum absolute atomic E-state index is 0.241. The third-order valence-electron chi connectivity index (χ3n) is 17.6. The van der Waals surface area contributed by atoms with Crippen LogP contribution in [0.3, 0.4) is 0 Å². The molecule has 12 N–H and O–H groups in total. The van der Waals surface area contributed by atoms with Gasteiger partial charge in [-0.05, 0) is 38.5 Å². The second kappa shape index (κ2) is 49.3. The van der Waals surface area contributed by atoms with Crippen LogP contribution in [0.2, 0.25) is 0 Å². The lowest BCUT2D eigenvalue weighted by molar-refractivity contribution is -0.379. The standard InChI is InChI=1S/C66H125NO18/c1-3-5-7-9-11-13-15-17-19-21-23-24-26-27-29-31-33-35-37-39-41-43-50(71)49(67-54(72)44-42-40-38-36-34-32-30-28-25-22-20-18-16-14-12-10-8-6-4-2)48-80-64-60(78)57(75)62(52(46-69)82-64)85-66-61(79)58(76)63(53(47-70)83-66)84-65-59(77)56(74)55(73)51(45-68)81-65/h18,20,49-53,55-66,68-71,73-79H,3-17,19,21-48H2,1-2H3,(H,67,72)/b20-18-. The Morgan fingerprint density at radius 1 is 0.412 bits per heavy atom. The van der Waals surface area contributed by atoms with E-state index in [0.29, 0.717) is 12.8 Å². The van der Waals surface area contributed by atoms with E-state index < -0.39 is 124 Å². The predicted octanol–water partition coefficient (Wildman–Crippen LogP) is 8.50. The average Bonchev–Trinajstić information content (AvgIpc) is 3.10. The highest BCUT2D eigenvalue weighted by Crippen LogP contribution is 2.33. The lowest BCUT2D eigenvalue weighted by Gasteiger charge is -2.48. The third-order valence-corrected chi connectivity index (χ3v) is 17.6. The number of amides is 1. The van der Waals surface area contributed by atoms with E-state index in [2.05, 4.69) is 31.3 Å². The van der Waals surface area contributed by atoms with Gasteiger partial charge >= 0.3 is 0 Å². The number of allylic oxidation sites excluding steroid dienone is 2. The molecule has 3 saturated heterocycles. The van der Waals surface area contributed by atoms with Gasteiger partial charge in [-0.15, -0.1) is 0 Å². The van der Waals surface area contributed by atoms with Crippen LogP contribution in [0.4, 0.5) is 0 Å². The molecule has 3 heterocycles. The fourth-order valence-electron chi connectivity index (χ4n) is 12.0.